The Kier molecular flexibility index (Phi) is 23.8. The maximum Gasteiger partial charge on any atom is 0.279 e. The van der Waals surface area contributed by atoms with E-state index in [0.717, 1.165) is 113 Å². The van der Waals surface area contributed by atoms with Gasteiger partial charge in [-0.05, 0) is 53.5 Å². The number of aliphatic imine (C=N–C) groups is 1. The highest BCUT2D eigenvalue weighted by Gasteiger charge is 2.44. The van der Waals surface area contributed by atoms with Crippen LogP contribution >= 0.6 is 22.7 Å². The molecule has 1 aliphatic rings. The summed E-state index contributed by atoms with van der Waals surface area (Å²) in [4.78, 5) is 95.3. The minimum Gasteiger partial charge on any atom is -0.391 e. The molecule has 0 bridgehead atoms. The smallest absolute Gasteiger partial charge is 0.279 e. The molecule has 6 aromatic rings. The highest BCUT2D eigenvalue weighted by Crippen LogP contribution is 2.29. The first kappa shape index (κ1) is 64.3. The Balaban J connectivity index is 0.732. The van der Waals surface area contributed by atoms with E-state index in [1.54, 1.807) is 16.7 Å². The number of nitrogens with zero attached hydrogens (tertiary/aromatic N) is 5. The van der Waals surface area contributed by atoms with Crippen molar-refractivity contribution in [1.29, 1.82) is 0 Å². The Morgan fingerprint density at radius 2 is 1.38 bits per heavy atom. The van der Waals surface area contributed by atoms with Crippen molar-refractivity contribution in [1.82, 2.24) is 34.8 Å². The van der Waals surface area contributed by atoms with Crippen molar-refractivity contribution in [3.05, 3.63) is 136 Å². The zero-order valence-electron chi connectivity index (χ0n) is 48.4. The number of likely N-dealkylation sites (tertiary alicyclic amines) is 1. The Morgan fingerprint density at radius 1 is 0.774 bits per heavy atom. The van der Waals surface area contributed by atoms with Crippen LogP contribution in [-0.2, 0) is 58.4 Å². The van der Waals surface area contributed by atoms with Crippen LogP contribution in [0.1, 0.15) is 137 Å². The molecule has 6 amide bonds. The van der Waals surface area contributed by atoms with Crippen molar-refractivity contribution in [2.24, 2.45) is 10.4 Å². The molecule has 7 rings (SSSR count). The maximum atomic E-state index is 14.0. The van der Waals surface area contributed by atoms with E-state index in [-0.39, 0.29) is 67.6 Å². The molecule has 19 nitrogen and oxygen atoms in total. The lowest BCUT2D eigenvalue weighted by Gasteiger charge is -2.35. The second-order valence-electron chi connectivity index (χ2n) is 22.3. The summed E-state index contributed by atoms with van der Waals surface area (Å²) in [5, 5.41) is 24.3. The van der Waals surface area contributed by atoms with Crippen LogP contribution in [0, 0.1) is 12.3 Å². The van der Waals surface area contributed by atoms with Gasteiger partial charge in [0.05, 0.1) is 52.9 Å². The lowest BCUT2D eigenvalue weighted by atomic mass is 9.85. The zero-order chi connectivity index (χ0) is 60.2. The maximum absolute atomic E-state index is 14.0. The first-order chi connectivity index (χ1) is 40.2. The molecule has 3 atom stereocenters. The second kappa shape index (κ2) is 31.1. The van der Waals surface area contributed by atoms with Crippen LogP contribution in [0.3, 0.4) is 0 Å². The number of amides is 6. The number of thiazole rings is 2. The summed E-state index contributed by atoms with van der Waals surface area (Å²) in [6.07, 6.45) is 13.1. The summed E-state index contributed by atoms with van der Waals surface area (Å²) in [6.45, 7) is 8.03. The van der Waals surface area contributed by atoms with Crippen LogP contribution < -0.4 is 21.3 Å². The van der Waals surface area contributed by atoms with Gasteiger partial charge in [-0.3, -0.25) is 38.1 Å². The van der Waals surface area contributed by atoms with Crippen LogP contribution in [-0.4, -0.2) is 111 Å². The van der Waals surface area contributed by atoms with E-state index in [1.165, 1.54) is 28.5 Å². The van der Waals surface area contributed by atoms with Crippen molar-refractivity contribution in [2.75, 3.05) is 24.7 Å². The van der Waals surface area contributed by atoms with Crippen molar-refractivity contribution >= 4 is 79.0 Å². The van der Waals surface area contributed by atoms with Crippen LogP contribution in [0.4, 0.5) is 5.13 Å². The van der Waals surface area contributed by atoms with Crippen LogP contribution in [0.25, 0.3) is 21.7 Å². The van der Waals surface area contributed by atoms with E-state index >= 15 is 0 Å². The number of aromatic nitrogens is 3. The summed E-state index contributed by atoms with van der Waals surface area (Å²) in [6, 6.07) is 24.4. The molecule has 4 heterocycles. The number of carbonyl (C=O) groups is 6. The number of ether oxygens (including phenoxy) is 1. The molecule has 22 heteroatoms. The van der Waals surface area contributed by atoms with Crippen molar-refractivity contribution in [2.45, 2.75) is 149 Å². The third-order valence-electron chi connectivity index (χ3n) is 14.4. The topological polar surface area (TPSA) is 260 Å². The first-order valence-corrected chi connectivity index (χ1v) is 32.1. The van der Waals surface area contributed by atoms with E-state index in [4.69, 9.17) is 4.74 Å². The predicted molar refractivity (Wildman–Crippen MR) is 328 cm³/mol. The number of nitrogens with one attached hydrogen (secondary N) is 4. The summed E-state index contributed by atoms with van der Waals surface area (Å²) in [7, 11) is -3.64. The molecule has 84 heavy (non-hydrogen) atoms. The van der Waals surface area contributed by atoms with E-state index < -0.39 is 45.4 Å². The van der Waals surface area contributed by atoms with Gasteiger partial charge in [-0.15, -0.1) is 22.7 Å². The molecular formula is C62H77N9O10S3. The number of unbranched alkanes of at least 4 members (excludes halogenated alkanes) is 9. The van der Waals surface area contributed by atoms with Gasteiger partial charge in [0.15, 0.2) is 5.13 Å². The highest BCUT2D eigenvalue weighted by atomic mass is 32.2. The Labute approximate surface area is 500 Å². The number of aliphatic hydroxyl groups excluding tert-OH is 1. The first-order valence-electron chi connectivity index (χ1n) is 28.5. The number of hydrogen-bond donors (Lipinski definition) is 5. The van der Waals surface area contributed by atoms with Gasteiger partial charge in [0.2, 0.25) is 33.7 Å². The average molecular weight is 1200 g/mol. The van der Waals surface area contributed by atoms with Crippen molar-refractivity contribution in [3.8, 4) is 21.7 Å². The van der Waals surface area contributed by atoms with Crippen LogP contribution in [0.2, 0.25) is 0 Å². The van der Waals surface area contributed by atoms with Crippen molar-refractivity contribution < 1.29 is 47.0 Å². The van der Waals surface area contributed by atoms with Crippen LogP contribution in [0.5, 0.6) is 0 Å². The fourth-order valence-electron chi connectivity index (χ4n) is 9.59. The molecular weight excluding hydrogens is 1130 g/mol. The average Bonchev–Trinajstić information content (AvgIpc) is 4.24. The van der Waals surface area contributed by atoms with Crippen LogP contribution in [0.15, 0.2) is 113 Å². The molecule has 0 unspecified atom stereocenters. The molecule has 0 saturated carbocycles. The number of benzene rings is 3. The van der Waals surface area contributed by atoms with E-state index in [1.807, 2.05) is 112 Å². The molecule has 0 radical (unpaired) electrons. The summed E-state index contributed by atoms with van der Waals surface area (Å²) in [5.41, 5.74) is 7.08. The summed E-state index contributed by atoms with van der Waals surface area (Å²) in [5.74, 6) is -2.46. The van der Waals surface area contributed by atoms with Gasteiger partial charge in [0, 0.05) is 62.2 Å². The van der Waals surface area contributed by atoms with E-state index in [9.17, 15) is 42.3 Å². The lowest BCUT2D eigenvalue weighted by molar-refractivity contribution is -0.144. The standard InChI is InChI=1S/C62H77N9O10S3/c1-42-55(83-41-65-42)47-29-27-44(28-30-47)35-64-59(77)52-33-49(72)37-71(52)60(78)56(62(2,3)4)68-54(74)22-18-13-11-9-7-6-8-10-12-17-21-53(73)63-34-43-23-25-45(26-24-43)38-81-39-50(66-57(75)48-31-32-70(36-48)84(5,79)80)58(76)69-61-67-51(40-82-61)46-19-15-14-16-20-46/h14-16,19-20,23-32,36,40-41,49,52,56,72H,6-13,17-18,21-22,33-35,37-39H2,1-5H3,(H,63,73)(H,64,77)(H,68,74)(H,67,69,76)/t49-,52+,56-/m1/s1. The molecule has 0 aliphatic carbocycles. The largest absolute Gasteiger partial charge is 0.391 e. The van der Waals surface area contributed by atoms with Crippen molar-refractivity contribution in [3.63, 3.8) is 0 Å². The predicted octanol–water partition coefficient (Wildman–Crippen LogP) is 9.39. The Morgan fingerprint density at radius 3 is 1.99 bits per heavy atom. The number of anilines is 1. The fraction of sp³-hybridized carbons (Fsp3) is 0.435. The van der Waals surface area contributed by atoms with Gasteiger partial charge >= 0.3 is 0 Å². The van der Waals surface area contributed by atoms with Gasteiger partial charge in [0.1, 0.15) is 17.8 Å². The molecule has 1 fully saturated rings. The second-order valence-corrected chi connectivity index (χ2v) is 25.9. The van der Waals surface area contributed by atoms with E-state index in [2.05, 4.69) is 36.2 Å². The van der Waals surface area contributed by atoms with E-state index in [0.29, 0.717) is 36.6 Å². The number of rotatable bonds is 30. The van der Waals surface area contributed by atoms with Gasteiger partial charge in [-0.2, -0.15) is 0 Å². The third kappa shape index (κ3) is 19.7. The minimum atomic E-state index is -3.64. The number of β-amino-alcohol motifs (C(OH)–C–C–N with tert-alkyl or cyclic N) is 1. The van der Waals surface area contributed by atoms with Gasteiger partial charge in [-0.1, -0.05) is 151 Å². The molecule has 3 aromatic heterocycles. The minimum absolute atomic E-state index is 0.0184. The Bertz CT molecular complexity index is 3320. The number of aryl methyl sites for hydroxylation is 1. The molecule has 0 spiro atoms. The lowest BCUT2D eigenvalue weighted by Crippen LogP contribution is -2.57. The fourth-order valence-corrected chi connectivity index (χ4v) is 11.7. The van der Waals surface area contributed by atoms with Gasteiger partial charge < -0.3 is 30.7 Å². The molecule has 448 valence electrons. The highest BCUT2D eigenvalue weighted by molar-refractivity contribution is 7.89. The third-order valence-corrected chi connectivity index (χ3v) is 17.1. The number of carbonyl (C=O) groups excluding carboxylic acids is 6. The van der Waals surface area contributed by atoms with Gasteiger partial charge in [-0.25, -0.2) is 23.4 Å². The van der Waals surface area contributed by atoms with Gasteiger partial charge in [0.25, 0.3) is 11.8 Å². The molecule has 1 saturated heterocycles. The SMILES string of the molecule is Cc1ncsc1-c1ccc(CNC(=O)[C@@H]2C[C@@H](O)CN2C(=O)[C@@H](NC(=O)CCCCCCCCCCCCC(=O)NCc2ccc(COCC(=NC(=O)c3ccn(S(C)(=O)=O)c3)C(=O)Nc3nc(-c4ccccc4)cs3)cc2)C(C)(C)C)cc1. The summed E-state index contributed by atoms with van der Waals surface area (Å²) >= 11 is 2.79. The molecule has 1 aliphatic heterocycles. The Hall–Kier alpha value is -7.24. The number of hydrogen-bond acceptors (Lipinski definition) is 14. The monoisotopic (exact) mass is 1200 g/mol. The molecule has 5 N–H and O–H groups in total. The zero-order valence-corrected chi connectivity index (χ0v) is 50.9. The molecule has 3 aromatic carbocycles. The normalized spacial score (nSPS) is 14.9. The number of aliphatic hydroxyl groups is 1. The quantitative estimate of drug-likeness (QED) is 0.0209. The summed E-state index contributed by atoms with van der Waals surface area (Å²) < 4.78 is 30.7.